The molecule has 0 saturated heterocycles. The van der Waals surface area contributed by atoms with Crippen LogP contribution < -0.4 is 21.5 Å². The van der Waals surface area contributed by atoms with Crippen molar-refractivity contribution < 1.29 is 13.9 Å². The van der Waals surface area contributed by atoms with Gasteiger partial charge in [0.25, 0.3) is 5.91 Å². The van der Waals surface area contributed by atoms with Gasteiger partial charge < -0.3 is 15.8 Å². The lowest BCUT2D eigenvalue weighted by atomic mass is 10.1. The van der Waals surface area contributed by atoms with E-state index in [-0.39, 0.29) is 29.4 Å². The van der Waals surface area contributed by atoms with Gasteiger partial charge in [-0.25, -0.2) is 23.7 Å². The van der Waals surface area contributed by atoms with Crippen molar-refractivity contribution in [2.45, 2.75) is 6.54 Å². The fraction of sp³-hybridized carbons (Fsp3) is 0.0769. The molecule has 0 fully saturated rings. The number of amides is 1. The van der Waals surface area contributed by atoms with Crippen LogP contribution in [0.2, 0.25) is 0 Å². The Kier molecular flexibility index (Phi) is 5.91. The van der Waals surface area contributed by atoms with Gasteiger partial charge in [-0.15, -0.1) is 0 Å². The zero-order valence-electron chi connectivity index (χ0n) is 19.2. The Morgan fingerprint density at radius 1 is 1.00 bits per heavy atom. The molecule has 1 amide bonds. The number of nitrogens with one attached hydrogen (secondary N) is 1. The molecule has 5 aromatic rings. The van der Waals surface area contributed by atoms with E-state index in [0.29, 0.717) is 22.5 Å². The van der Waals surface area contributed by atoms with Gasteiger partial charge in [0.05, 0.1) is 24.0 Å². The van der Waals surface area contributed by atoms with Crippen molar-refractivity contribution in [1.29, 1.82) is 0 Å². The Morgan fingerprint density at radius 2 is 1.72 bits per heavy atom. The molecule has 180 valence electrons. The molecule has 0 bridgehead atoms. The Labute approximate surface area is 204 Å². The van der Waals surface area contributed by atoms with Gasteiger partial charge in [0, 0.05) is 6.54 Å². The minimum absolute atomic E-state index is 0.102. The number of nitrogen functional groups attached to an aromatic ring is 1. The van der Waals surface area contributed by atoms with E-state index in [1.807, 2.05) is 30.3 Å². The summed E-state index contributed by atoms with van der Waals surface area (Å²) in [4.78, 5) is 34.4. The van der Waals surface area contributed by atoms with Crippen LogP contribution in [0.3, 0.4) is 0 Å². The first-order valence-corrected chi connectivity index (χ1v) is 11.0. The molecule has 2 aromatic heterocycles. The SMILES string of the molecule is COc1ccc(F)cc1C(=O)NCc1ccc(-n2c(=O)n(-c3ccccc3)c3ncnc(N)c32)cc1. The molecule has 3 N–H and O–H groups in total. The van der Waals surface area contributed by atoms with Crippen LogP contribution in [-0.4, -0.2) is 32.1 Å². The number of fused-ring (bicyclic) bond motifs is 1. The molecule has 0 atom stereocenters. The number of methoxy groups -OCH3 is 1. The van der Waals surface area contributed by atoms with E-state index in [0.717, 1.165) is 11.6 Å². The lowest BCUT2D eigenvalue weighted by molar-refractivity contribution is 0.0947. The Hall–Kier alpha value is -4.99. The Balaban J connectivity index is 1.46. The van der Waals surface area contributed by atoms with E-state index in [1.165, 1.54) is 34.7 Å². The Bertz CT molecular complexity index is 1630. The van der Waals surface area contributed by atoms with Crippen molar-refractivity contribution in [3.63, 3.8) is 0 Å². The van der Waals surface area contributed by atoms with Gasteiger partial charge in [0.2, 0.25) is 0 Å². The molecule has 0 spiro atoms. The van der Waals surface area contributed by atoms with E-state index in [1.54, 1.807) is 24.3 Å². The highest BCUT2D eigenvalue weighted by Gasteiger charge is 2.20. The number of carbonyl (C=O) groups is 1. The predicted molar refractivity (Wildman–Crippen MR) is 133 cm³/mol. The second kappa shape index (κ2) is 9.34. The summed E-state index contributed by atoms with van der Waals surface area (Å²) in [6.45, 7) is 0.185. The summed E-state index contributed by atoms with van der Waals surface area (Å²) in [6.07, 6.45) is 1.32. The maximum Gasteiger partial charge on any atom is 0.339 e. The van der Waals surface area contributed by atoms with Crippen molar-refractivity contribution in [1.82, 2.24) is 24.4 Å². The van der Waals surface area contributed by atoms with Gasteiger partial charge in [-0.1, -0.05) is 30.3 Å². The van der Waals surface area contributed by atoms with E-state index in [2.05, 4.69) is 15.3 Å². The molecular formula is C26H21FN6O3. The van der Waals surface area contributed by atoms with E-state index >= 15 is 0 Å². The number of halogens is 1. The molecule has 0 radical (unpaired) electrons. The standard InChI is InChI=1S/C26H21FN6O3/c1-36-21-12-9-17(27)13-20(21)25(34)29-14-16-7-10-19(11-8-16)32-22-23(28)30-15-31-24(22)33(26(32)35)18-5-3-2-4-6-18/h2-13,15H,14H2,1H3,(H,29,34)(H2,28,30,31). The normalized spacial score (nSPS) is 10.9. The van der Waals surface area contributed by atoms with Crippen molar-refractivity contribution >= 4 is 22.9 Å². The first kappa shape index (κ1) is 22.8. The second-order valence-electron chi connectivity index (χ2n) is 7.91. The van der Waals surface area contributed by atoms with Crippen molar-refractivity contribution in [3.8, 4) is 17.1 Å². The topological polar surface area (TPSA) is 117 Å². The molecule has 10 heteroatoms. The van der Waals surface area contributed by atoms with Crippen LogP contribution >= 0.6 is 0 Å². The van der Waals surface area contributed by atoms with Crippen LogP contribution in [-0.2, 0) is 6.54 Å². The van der Waals surface area contributed by atoms with E-state index < -0.39 is 11.7 Å². The molecule has 0 saturated carbocycles. The van der Waals surface area contributed by atoms with Crippen LogP contribution in [0.25, 0.3) is 22.5 Å². The van der Waals surface area contributed by atoms with Crippen LogP contribution in [0.4, 0.5) is 10.2 Å². The quantitative estimate of drug-likeness (QED) is 0.382. The van der Waals surface area contributed by atoms with Crippen LogP contribution in [0.1, 0.15) is 15.9 Å². The highest BCUT2D eigenvalue weighted by molar-refractivity contribution is 5.96. The number of imidazole rings is 1. The summed E-state index contributed by atoms with van der Waals surface area (Å²) >= 11 is 0. The second-order valence-corrected chi connectivity index (χ2v) is 7.91. The van der Waals surface area contributed by atoms with Gasteiger partial charge in [0.1, 0.15) is 23.4 Å². The first-order chi connectivity index (χ1) is 17.5. The van der Waals surface area contributed by atoms with Crippen molar-refractivity contribution in [2.75, 3.05) is 12.8 Å². The third-order valence-electron chi connectivity index (χ3n) is 5.72. The highest BCUT2D eigenvalue weighted by atomic mass is 19.1. The molecule has 0 aliphatic heterocycles. The zero-order valence-corrected chi connectivity index (χ0v) is 19.2. The summed E-state index contributed by atoms with van der Waals surface area (Å²) in [6, 6.07) is 19.9. The summed E-state index contributed by atoms with van der Waals surface area (Å²) < 4.78 is 21.7. The average Bonchev–Trinajstić information content (AvgIpc) is 3.21. The first-order valence-electron chi connectivity index (χ1n) is 11.0. The van der Waals surface area contributed by atoms with Gasteiger partial charge in [0.15, 0.2) is 11.5 Å². The number of hydrogen-bond donors (Lipinski definition) is 2. The molecule has 0 unspecified atom stereocenters. The fourth-order valence-electron chi connectivity index (χ4n) is 3.99. The van der Waals surface area contributed by atoms with E-state index in [4.69, 9.17) is 10.5 Å². The monoisotopic (exact) mass is 484 g/mol. The van der Waals surface area contributed by atoms with Crippen LogP contribution in [0, 0.1) is 5.82 Å². The average molecular weight is 484 g/mol. The maximum absolute atomic E-state index is 13.6. The summed E-state index contributed by atoms with van der Waals surface area (Å²) in [7, 11) is 1.41. The number of carbonyl (C=O) groups excluding carboxylic acids is 1. The lowest BCUT2D eigenvalue weighted by Gasteiger charge is -2.10. The number of nitrogens with two attached hydrogens (primary N) is 1. The smallest absolute Gasteiger partial charge is 0.339 e. The minimum Gasteiger partial charge on any atom is -0.496 e. The summed E-state index contributed by atoms with van der Waals surface area (Å²) in [5, 5.41) is 2.75. The largest absolute Gasteiger partial charge is 0.496 e. The number of para-hydroxylation sites is 1. The third-order valence-corrected chi connectivity index (χ3v) is 5.72. The number of benzene rings is 3. The van der Waals surface area contributed by atoms with Gasteiger partial charge >= 0.3 is 5.69 Å². The van der Waals surface area contributed by atoms with Gasteiger partial charge in [-0.05, 0) is 48.0 Å². The molecular weight excluding hydrogens is 463 g/mol. The lowest BCUT2D eigenvalue weighted by Crippen LogP contribution is -2.24. The molecule has 9 nitrogen and oxygen atoms in total. The zero-order chi connectivity index (χ0) is 25.2. The molecule has 0 aliphatic carbocycles. The number of aromatic nitrogens is 4. The maximum atomic E-state index is 13.6. The number of hydrogen-bond acceptors (Lipinski definition) is 6. The third kappa shape index (κ3) is 4.05. The molecule has 0 aliphatic rings. The summed E-state index contributed by atoms with van der Waals surface area (Å²) in [5.74, 6) is -0.554. The van der Waals surface area contributed by atoms with Crippen LogP contribution in [0.15, 0.2) is 83.9 Å². The molecule has 3 aromatic carbocycles. The summed E-state index contributed by atoms with van der Waals surface area (Å²) in [5.41, 5.74) is 8.66. The van der Waals surface area contributed by atoms with E-state index in [9.17, 15) is 14.0 Å². The Morgan fingerprint density at radius 3 is 2.44 bits per heavy atom. The minimum atomic E-state index is -0.534. The molecule has 5 rings (SSSR count). The number of anilines is 1. The van der Waals surface area contributed by atoms with Crippen molar-refractivity contribution in [2.24, 2.45) is 0 Å². The number of rotatable bonds is 6. The molecule has 2 heterocycles. The predicted octanol–water partition coefficient (Wildman–Crippen LogP) is 3.23. The fourth-order valence-corrected chi connectivity index (χ4v) is 3.99. The van der Waals surface area contributed by atoms with Gasteiger partial charge in [-0.2, -0.15) is 0 Å². The molecule has 36 heavy (non-hydrogen) atoms. The van der Waals surface area contributed by atoms with Gasteiger partial charge in [-0.3, -0.25) is 9.36 Å². The number of nitrogens with zero attached hydrogens (tertiary/aromatic N) is 4. The van der Waals surface area contributed by atoms with Crippen molar-refractivity contribution in [3.05, 3.63) is 107 Å². The highest BCUT2D eigenvalue weighted by Crippen LogP contribution is 2.23. The number of ether oxygens (including phenoxy) is 1. The van der Waals surface area contributed by atoms with Crippen LogP contribution in [0.5, 0.6) is 5.75 Å².